The van der Waals surface area contributed by atoms with Crippen molar-refractivity contribution in [1.29, 1.82) is 0 Å². The van der Waals surface area contributed by atoms with Crippen molar-refractivity contribution >= 4 is 68.6 Å². The van der Waals surface area contributed by atoms with Crippen LogP contribution >= 0.6 is 0 Å². The summed E-state index contributed by atoms with van der Waals surface area (Å²) in [5.41, 5.74) is 1.54. The highest BCUT2D eigenvalue weighted by atomic mass is 32.2. The molecule has 139 heavy (non-hydrogen) atoms. The van der Waals surface area contributed by atoms with Gasteiger partial charge < -0.3 is 57.7 Å². The van der Waals surface area contributed by atoms with Gasteiger partial charge in [0, 0.05) is 93.4 Å². The Bertz CT molecular complexity index is 5040. The monoisotopic (exact) mass is 1990 g/mol. The molecule has 4 N–H and O–H groups in total. The van der Waals surface area contributed by atoms with E-state index in [0.29, 0.717) is 42.2 Å². The number of aromatic nitrogens is 7. The van der Waals surface area contributed by atoms with E-state index in [1.54, 1.807) is 101 Å². The highest BCUT2D eigenvalue weighted by Gasteiger charge is 2.45. The van der Waals surface area contributed by atoms with Crippen LogP contribution in [-0.2, 0) is 80.7 Å². The van der Waals surface area contributed by atoms with E-state index in [2.05, 4.69) is 138 Å². The van der Waals surface area contributed by atoms with Crippen molar-refractivity contribution in [3.63, 3.8) is 0 Å². The summed E-state index contributed by atoms with van der Waals surface area (Å²) in [5.74, 6) is -2.87. The highest BCUT2D eigenvalue weighted by molar-refractivity contribution is 7.91. The van der Waals surface area contributed by atoms with Gasteiger partial charge in [0.05, 0.1) is 49.0 Å². The molecule has 774 valence electrons. The molecule has 0 saturated carbocycles. The molecule has 18 atom stereocenters. The summed E-state index contributed by atoms with van der Waals surface area (Å²) >= 11 is 0. The van der Waals surface area contributed by atoms with Crippen molar-refractivity contribution in [3.8, 4) is 5.69 Å². The number of esters is 6. The molecule has 0 bridgehead atoms. The van der Waals surface area contributed by atoms with Crippen LogP contribution in [0.15, 0.2) is 204 Å². The van der Waals surface area contributed by atoms with Crippen LogP contribution in [0.2, 0.25) is 36.3 Å². The summed E-state index contributed by atoms with van der Waals surface area (Å²) in [4.78, 5) is 98.7. The largest absolute Gasteiger partial charge is 0.457 e. The molecule has 3 aliphatic rings. The quantitative estimate of drug-likeness (QED) is 0.00802. The van der Waals surface area contributed by atoms with Gasteiger partial charge in [-0.1, -0.05) is 215 Å². The number of ether oxygens (including phenoxy) is 6. The molecule has 0 fully saturated rings. The predicted molar refractivity (Wildman–Crippen MR) is 553 cm³/mol. The molecule has 0 spiro atoms. The van der Waals surface area contributed by atoms with E-state index in [1.807, 2.05) is 140 Å². The minimum absolute atomic E-state index is 0. The van der Waals surface area contributed by atoms with Crippen LogP contribution < -0.4 is 0 Å². The van der Waals surface area contributed by atoms with Crippen molar-refractivity contribution in [2.24, 2.45) is 35.5 Å². The number of hydrogen-bond acceptors (Lipinski definition) is 27. The first-order valence-electron chi connectivity index (χ1n) is 47.7. The molecule has 5 aromatic rings. The topological polar surface area (TPSA) is 391 Å². The van der Waals surface area contributed by atoms with Gasteiger partial charge in [-0.15, -0.1) is 0 Å². The number of aliphatic hydroxyl groups excluding tert-OH is 1. The van der Waals surface area contributed by atoms with Crippen molar-refractivity contribution in [1.82, 2.24) is 35.2 Å². The minimum atomic E-state index is -3.70. The lowest BCUT2D eigenvalue weighted by Gasteiger charge is -2.40. The second-order valence-electron chi connectivity index (χ2n) is 41.3. The molecule has 0 radical (unpaired) electrons. The molecular formula is C108H167N7O21SSi2. The number of para-hydroxylation sites is 1. The van der Waals surface area contributed by atoms with Crippen LogP contribution in [0.25, 0.3) is 5.69 Å². The van der Waals surface area contributed by atoms with Gasteiger partial charge in [0.25, 0.3) is 5.16 Å². The average molecular weight is 1990 g/mol. The van der Waals surface area contributed by atoms with Crippen LogP contribution in [-0.4, -0.2) is 200 Å². The Morgan fingerprint density at radius 1 is 0.511 bits per heavy atom. The fourth-order valence-corrected chi connectivity index (χ4v) is 19.9. The fourth-order valence-electron chi connectivity index (χ4n) is 15.4. The third kappa shape index (κ3) is 40.3. The first kappa shape index (κ1) is 123. The normalized spacial score (nSPS) is 26.4. The van der Waals surface area contributed by atoms with Gasteiger partial charge in [-0.3, -0.25) is 48.5 Å². The number of cyclic esters (lactones) is 3. The number of nitrogens with zero attached hydrogens (tertiary/aromatic N) is 7. The highest BCUT2D eigenvalue weighted by Crippen LogP contribution is 2.42. The molecule has 4 aromatic heterocycles. The molecule has 0 aliphatic carbocycles. The van der Waals surface area contributed by atoms with E-state index in [9.17, 15) is 62.4 Å². The van der Waals surface area contributed by atoms with Crippen LogP contribution in [0.3, 0.4) is 0 Å². The third-order valence-electron chi connectivity index (χ3n) is 25.9. The number of tetrazole rings is 1. The number of hydrogen-bond donors (Lipinski definition) is 4. The van der Waals surface area contributed by atoms with E-state index < -0.39 is 128 Å². The SMILES string of the molecule is C.C.CC(=O)O[C@H]1/C=C/[C@H](C)[C@@H](/C(C)=C/C=C/C(c2ccccn2)C(C)C)OC(=O)C[C@H](O)CC[C@@]1(C)O.CC(=O)O[C@H]1/C=C/[C@H](C)[C@@H](/C(C)=C/C=C/C(c2ccccn2)C(C)C)OC(=O)C[C@H](O[Si](C)(C)C(C)(C)C)CC[C@@]1(C)O.CC(=O)O[C@H]1/C=C/[C@H](C)[C@@H](/C(C)=C/C=O)OC(=O)C[C@H](O[Si](C)(C)C(C)(C)C)CC[C@@]1(C)O.CC(C)C(CS(=O)(=O)c1nnnn1-c1ccccc1)c1ccccn1.[2HH]. The Balaban J connectivity index is 0.000000636. The number of carbonyl (C=O) groups is 7. The molecule has 31 heteroatoms. The molecule has 8 rings (SSSR count). The lowest BCUT2D eigenvalue weighted by Crippen LogP contribution is -2.46. The third-order valence-corrected chi connectivity index (χ3v) is 36.5. The smallest absolute Gasteiger partial charge is 0.309 e. The number of rotatable bonds is 25. The lowest BCUT2D eigenvalue weighted by molar-refractivity contribution is -0.158. The van der Waals surface area contributed by atoms with Crippen molar-refractivity contribution < 1.29 is 101 Å². The van der Waals surface area contributed by atoms with Crippen LogP contribution in [0, 0.1) is 35.5 Å². The fraction of sp³-hybridized carbons (Fsp3) is 0.583. The molecule has 0 amide bonds. The van der Waals surface area contributed by atoms with Gasteiger partial charge in [0.1, 0.15) is 59.7 Å². The molecule has 1 aromatic carbocycles. The maximum absolute atomic E-state index is 13.4. The molecule has 7 heterocycles. The maximum atomic E-state index is 13.4. The first-order chi connectivity index (χ1) is 63.7. The Kier molecular flexibility index (Phi) is 49.9. The van der Waals surface area contributed by atoms with Gasteiger partial charge in [-0.25, -0.2) is 8.42 Å². The summed E-state index contributed by atoms with van der Waals surface area (Å²) in [6, 6.07) is 26.3. The van der Waals surface area contributed by atoms with Gasteiger partial charge in [0.2, 0.25) is 9.84 Å². The van der Waals surface area contributed by atoms with E-state index in [0.717, 1.165) is 28.2 Å². The molecular weight excluding hydrogens is 1820 g/mol. The Morgan fingerprint density at radius 2 is 0.849 bits per heavy atom. The number of aldehydes is 1. The van der Waals surface area contributed by atoms with Crippen LogP contribution in [0.4, 0.5) is 0 Å². The van der Waals surface area contributed by atoms with Gasteiger partial charge in [0.15, 0.2) is 16.6 Å². The zero-order valence-corrected chi connectivity index (χ0v) is 88.9. The predicted octanol–water partition coefficient (Wildman–Crippen LogP) is 20.6. The van der Waals surface area contributed by atoms with Gasteiger partial charge >= 0.3 is 35.8 Å². The molecule has 3 aliphatic heterocycles. The number of pyridine rings is 3. The summed E-state index contributed by atoms with van der Waals surface area (Å²) in [6.45, 7) is 54.0. The lowest BCUT2D eigenvalue weighted by atomic mass is 9.88. The summed E-state index contributed by atoms with van der Waals surface area (Å²) in [6.07, 6.45) is 25.0. The maximum Gasteiger partial charge on any atom is 0.309 e. The Morgan fingerprint density at radius 3 is 1.17 bits per heavy atom. The van der Waals surface area contributed by atoms with E-state index in [4.69, 9.17) is 37.3 Å². The van der Waals surface area contributed by atoms with Crippen molar-refractivity contribution in [3.05, 3.63) is 216 Å². The molecule has 0 saturated heterocycles. The first-order valence-corrected chi connectivity index (χ1v) is 55.2. The van der Waals surface area contributed by atoms with E-state index >= 15 is 0 Å². The Labute approximate surface area is 833 Å². The second-order valence-corrected chi connectivity index (χ2v) is 52.7. The van der Waals surface area contributed by atoms with Crippen molar-refractivity contribution in [2.45, 2.75) is 370 Å². The molecule has 28 nitrogen and oxygen atoms in total. The van der Waals surface area contributed by atoms with Crippen molar-refractivity contribution in [2.75, 3.05) is 5.75 Å². The standard InChI is InChI=1S/C35H55NO6Si.C29H41NO6.C25H42O7Si.C17H19N5O2S.2CH4.H2/c1-24(2)29(30-17-12-13-22-36-30)16-14-15-25(3)33-26(4)18-19-31(40-27(5)37)35(9,39)21-20-28(23-32(38)41-33)42-43(10,11)34(6,7)8;1-19(2)24(25-12-7-8-17-30-25)11-9-10-20(3)28-21(4)13-14-26(35-22(5)31)29(6,34)16-15-23(32)18-27(33)36-28;1-17-10-11-21(30-19(3)27)25(7,29)14-12-20(32-33(8,9)24(4,5)6)16-22(28)31-23(17)18(2)13-15-26;1-13(2)15(16-10-6-7-11-18-16)12-25(23,24)17-19-20-21-22(17)14-8-4-3-5-9-14;;;/h12-19,22,24,26,28-29,31,33,39H,20-21,23H2,1-11H3;7-14,17,19,21,23-24,26,28,32,34H,15-16,18H2,1-6H3;10-11,13,15,17,20-21,23,29H,12,14,16H2,1-9H3;3-11,13,15H,12H2,1-2H3;2*1H4;1H/b16-14+,19-18+,25-15+;11-9+,14-13+,20-10+;11-10+,18-13+;;;;/t26-,28+,29?,31-,33+,35+;21-,23+,24?,26-,28+,29+;17-,20+,21-,23-,25+;;;;/m000..../s1/i;;;;;;1+1. The zero-order valence-electron chi connectivity index (χ0n) is 86.1. The number of benzene rings is 1. The number of allylic oxidation sites excluding steroid dienone is 7. The molecule has 3 unspecified atom stereocenters. The number of carbonyl (C=O) groups excluding carboxylic acids is 7. The average Bonchev–Trinajstić information content (AvgIpc) is 1.61. The van der Waals surface area contributed by atoms with E-state index in [1.165, 1.54) is 31.5 Å². The summed E-state index contributed by atoms with van der Waals surface area (Å²) in [5, 5.41) is 54.8. The van der Waals surface area contributed by atoms with Crippen LogP contribution in [0.1, 0.15) is 275 Å². The number of aliphatic hydroxyl groups is 4. The van der Waals surface area contributed by atoms with E-state index in [-0.39, 0.29) is 130 Å². The summed E-state index contributed by atoms with van der Waals surface area (Å²) in [7, 11) is -8.15. The number of sulfone groups is 1. The van der Waals surface area contributed by atoms with Gasteiger partial charge in [-0.2, -0.15) is 4.68 Å². The van der Waals surface area contributed by atoms with Gasteiger partial charge in [-0.05, 0) is 234 Å². The Hall–Kier alpha value is -9.71. The zero-order chi connectivity index (χ0) is 103. The second kappa shape index (κ2) is 56.2. The minimum Gasteiger partial charge on any atom is -0.457 e. The summed E-state index contributed by atoms with van der Waals surface area (Å²) < 4.78 is 74.5. The van der Waals surface area contributed by atoms with Crippen LogP contribution in [0.5, 0.6) is 0 Å².